The summed E-state index contributed by atoms with van der Waals surface area (Å²) in [5.74, 6) is 1.33. The number of piperidine rings is 3. The molecule has 1 aliphatic carbocycles. The van der Waals surface area contributed by atoms with Crippen LogP contribution in [0.4, 0.5) is 4.39 Å². The Morgan fingerprint density at radius 3 is 2.54 bits per heavy atom. The summed E-state index contributed by atoms with van der Waals surface area (Å²) in [7, 11) is 0. The van der Waals surface area contributed by atoms with Crippen LogP contribution in [-0.4, -0.2) is 47.4 Å². The minimum atomic E-state index is -0.508. The Hall–Kier alpha value is -1.13. The summed E-state index contributed by atoms with van der Waals surface area (Å²) >= 11 is 5.84. The molecule has 4 aliphatic rings. The number of amides is 1. The first kappa shape index (κ1) is 17.0. The molecular formula is C21H26ClFN2O. The molecule has 26 heavy (non-hydrogen) atoms. The van der Waals surface area contributed by atoms with E-state index in [1.807, 2.05) is 4.90 Å². The number of nitrogens with zero attached hydrogens (tertiary/aromatic N) is 2. The molecule has 2 bridgehead atoms. The Bertz CT molecular complexity index is 722. The van der Waals surface area contributed by atoms with Crippen LogP contribution in [0.5, 0.6) is 0 Å². The van der Waals surface area contributed by atoms with Crippen LogP contribution in [-0.2, 0) is 0 Å². The van der Waals surface area contributed by atoms with E-state index in [1.165, 1.54) is 50.7 Å². The second-order valence-corrected chi connectivity index (χ2v) is 9.23. The minimum Gasteiger partial charge on any atom is -0.338 e. The lowest BCUT2D eigenvalue weighted by molar-refractivity contribution is -0.0551. The quantitative estimate of drug-likeness (QED) is 0.772. The number of fused-ring (bicyclic) bond motifs is 4. The van der Waals surface area contributed by atoms with Crippen LogP contribution in [0.2, 0.25) is 5.02 Å². The van der Waals surface area contributed by atoms with Crippen molar-refractivity contribution in [2.45, 2.75) is 50.6 Å². The number of carbonyl (C=O) groups excluding carboxylic acids is 1. The topological polar surface area (TPSA) is 23.6 Å². The summed E-state index contributed by atoms with van der Waals surface area (Å²) in [6.07, 6.45) is 7.99. The third-order valence-electron chi connectivity index (χ3n) is 7.05. The zero-order valence-corrected chi connectivity index (χ0v) is 15.8. The van der Waals surface area contributed by atoms with Crippen LogP contribution in [0.1, 0.15) is 48.9 Å². The van der Waals surface area contributed by atoms with E-state index in [0.717, 1.165) is 31.6 Å². The fourth-order valence-corrected chi connectivity index (χ4v) is 5.99. The third kappa shape index (κ3) is 2.95. The summed E-state index contributed by atoms with van der Waals surface area (Å²) in [5, 5.41) is 0.332. The highest BCUT2D eigenvalue weighted by Gasteiger charge is 2.48. The van der Waals surface area contributed by atoms with Crippen LogP contribution in [0, 0.1) is 23.6 Å². The van der Waals surface area contributed by atoms with E-state index in [0.29, 0.717) is 22.9 Å². The normalized spacial score (nSPS) is 34.5. The molecule has 0 spiro atoms. The van der Waals surface area contributed by atoms with Gasteiger partial charge in [-0.25, -0.2) is 4.39 Å². The zero-order valence-electron chi connectivity index (χ0n) is 15.0. The first-order valence-electron chi connectivity index (χ1n) is 10.1. The molecule has 140 valence electrons. The molecule has 3 heterocycles. The van der Waals surface area contributed by atoms with E-state index < -0.39 is 5.82 Å². The maximum atomic E-state index is 14.2. The van der Waals surface area contributed by atoms with Crippen molar-refractivity contribution in [3.05, 3.63) is 34.6 Å². The standard InChI is InChI=1S/C21H26ClFN2O/c22-16-6-7-17(18(23)9-16)21(26)24-10-13-8-15(12-24)20-3-1-2-19(14-4-5-14)25(20)11-13/h6-7,9,13-15,19-20H,1-5,8,10-12H2/t13-,15+,19+,20-/m0/s1. The van der Waals surface area contributed by atoms with E-state index in [9.17, 15) is 9.18 Å². The Kier molecular flexibility index (Phi) is 4.24. The smallest absolute Gasteiger partial charge is 0.256 e. The summed E-state index contributed by atoms with van der Waals surface area (Å²) in [4.78, 5) is 17.7. The molecule has 0 unspecified atom stereocenters. The van der Waals surface area contributed by atoms with Gasteiger partial charge in [-0.3, -0.25) is 9.69 Å². The third-order valence-corrected chi connectivity index (χ3v) is 7.28. The van der Waals surface area contributed by atoms with Crippen molar-refractivity contribution < 1.29 is 9.18 Å². The predicted molar refractivity (Wildman–Crippen MR) is 99.8 cm³/mol. The SMILES string of the molecule is O=C(c1ccc(Cl)cc1F)N1C[C@@H]2C[C@H](C1)[C@@H]1CCC[C@H](C3CC3)N1C2. The van der Waals surface area contributed by atoms with Crippen molar-refractivity contribution in [2.24, 2.45) is 17.8 Å². The molecule has 1 saturated carbocycles. The van der Waals surface area contributed by atoms with Gasteiger partial charge in [0.15, 0.2) is 0 Å². The zero-order chi connectivity index (χ0) is 17.8. The lowest BCUT2D eigenvalue weighted by Gasteiger charge is -2.55. The fraction of sp³-hybridized carbons (Fsp3) is 0.667. The van der Waals surface area contributed by atoms with Crippen molar-refractivity contribution >= 4 is 17.5 Å². The van der Waals surface area contributed by atoms with Crippen molar-refractivity contribution in [3.8, 4) is 0 Å². The molecule has 5 heteroatoms. The number of hydrogen-bond acceptors (Lipinski definition) is 2. The highest BCUT2D eigenvalue weighted by Crippen LogP contribution is 2.46. The van der Waals surface area contributed by atoms with Crippen LogP contribution in [0.15, 0.2) is 18.2 Å². The molecule has 0 N–H and O–H groups in total. The highest BCUT2D eigenvalue weighted by molar-refractivity contribution is 6.30. The number of rotatable bonds is 2. The largest absolute Gasteiger partial charge is 0.338 e. The van der Waals surface area contributed by atoms with Crippen LogP contribution in [0.3, 0.4) is 0 Å². The predicted octanol–water partition coefficient (Wildman–Crippen LogP) is 4.20. The van der Waals surface area contributed by atoms with Crippen molar-refractivity contribution in [3.63, 3.8) is 0 Å². The molecular weight excluding hydrogens is 351 g/mol. The Labute approximate surface area is 159 Å². The van der Waals surface area contributed by atoms with Gasteiger partial charge in [0.25, 0.3) is 5.91 Å². The molecule has 1 aromatic rings. The molecule has 1 amide bonds. The summed E-state index contributed by atoms with van der Waals surface area (Å²) in [6.45, 7) is 2.66. The van der Waals surface area contributed by atoms with Gasteiger partial charge >= 0.3 is 0 Å². The van der Waals surface area contributed by atoms with E-state index >= 15 is 0 Å². The van der Waals surface area contributed by atoms with Gasteiger partial charge < -0.3 is 4.90 Å². The van der Waals surface area contributed by atoms with Gasteiger partial charge in [-0.15, -0.1) is 0 Å². The average molecular weight is 377 g/mol. The Morgan fingerprint density at radius 1 is 1.04 bits per heavy atom. The van der Waals surface area contributed by atoms with E-state index in [1.54, 1.807) is 6.07 Å². The number of likely N-dealkylation sites (tertiary alicyclic amines) is 1. The van der Waals surface area contributed by atoms with E-state index in [4.69, 9.17) is 11.6 Å². The molecule has 4 fully saturated rings. The first-order chi connectivity index (χ1) is 12.6. The lowest BCUT2D eigenvalue weighted by Crippen LogP contribution is -2.62. The number of benzene rings is 1. The first-order valence-corrected chi connectivity index (χ1v) is 10.5. The average Bonchev–Trinajstić information content (AvgIpc) is 3.45. The minimum absolute atomic E-state index is 0.158. The highest BCUT2D eigenvalue weighted by atomic mass is 35.5. The maximum Gasteiger partial charge on any atom is 0.256 e. The fourth-order valence-electron chi connectivity index (χ4n) is 5.83. The van der Waals surface area contributed by atoms with Gasteiger partial charge in [0, 0.05) is 36.7 Å². The van der Waals surface area contributed by atoms with Crippen LogP contribution >= 0.6 is 11.6 Å². The van der Waals surface area contributed by atoms with E-state index in [-0.39, 0.29) is 11.5 Å². The summed E-state index contributed by atoms with van der Waals surface area (Å²) in [6, 6.07) is 5.78. The van der Waals surface area contributed by atoms with Gasteiger partial charge in [0.2, 0.25) is 0 Å². The maximum absolute atomic E-state index is 14.2. The van der Waals surface area contributed by atoms with Crippen molar-refractivity contribution in [1.29, 1.82) is 0 Å². The number of halogens is 2. The van der Waals surface area contributed by atoms with Gasteiger partial charge in [-0.2, -0.15) is 0 Å². The van der Waals surface area contributed by atoms with Crippen LogP contribution < -0.4 is 0 Å². The molecule has 1 aromatic carbocycles. The van der Waals surface area contributed by atoms with Gasteiger partial charge in [0.05, 0.1) is 5.56 Å². The summed E-state index contributed by atoms with van der Waals surface area (Å²) < 4.78 is 14.2. The Balaban J connectivity index is 1.35. The second-order valence-electron chi connectivity index (χ2n) is 8.80. The lowest BCUT2D eigenvalue weighted by atomic mass is 9.74. The molecule has 3 nitrogen and oxygen atoms in total. The number of carbonyl (C=O) groups is 1. The summed E-state index contributed by atoms with van der Waals surface area (Å²) in [5.41, 5.74) is 0.158. The molecule has 3 aliphatic heterocycles. The molecule has 0 radical (unpaired) electrons. The van der Waals surface area contributed by atoms with Crippen molar-refractivity contribution in [2.75, 3.05) is 19.6 Å². The molecule has 4 atom stereocenters. The van der Waals surface area contributed by atoms with Gasteiger partial charge in [0.1, 0.15) is 5.82 Å². The van der Waals surface area contributed by atoms with Gasteiger partial charge in [-0.1, -0.05) is 18.0 Å². The van der Waals surface area contributed by atoms with Crippen LogP contribution in [0.25, 0.3) is 0 Å². The van der Waals surface area contributed by atoms with Crippen molar-refractivity contribution in [1.82, 2.24) is 9.80 Å². The molecule has 3 saturated heterocycles. The molecule has 0 aromatic heterocycles. The van der Waals surface area contributed by atoms with E-state index in [2.05, 4.69) is 4.90 Å². The number of hydrogen-bond donors (Lipinski definition) is 0. The second kappa shape index (κ2) is 6.49. The monoisotopic (exact) mass is 376 g/mol. The molecule has 5 rings (SSSR count). The Morgan fingerprint density at radius 2 is 1.81 bits per heavy atom. The van der Waals surface area contributed by atoms with Gasteiger partial charge in [-0.05, 0) is 68.1 Å².